The topological polar surface area (TPSA) is 119 Å². The lowest BCUT2D eigenvalue weighted by Crippen LogP contribution is -2.31. The molecular weight excluding hydrogens is 585 g/mol. The van der Waals surface area contributed by atoms with Gasteiger partial charge in [-0.05, 0) is 50.3 Å². The third-order valence-electron chi connectivity index (χ3n) is 8.21. The monoisotopic (exact) mass is 610 g/mol. The van der Waals surface area contributed by atoms with Gasteiger partial charge in [-0.15, -0.1) is 5.10 Å². The number of fused-ring (bicyclic) bond motifs is 1. The average Bonchev–Trinajstić information content (AvgIpc) is 3.25. The molecule has 222 valence electrons. The van der Waals surface area contributed by atoms with Crippen molar-refractivity contribution in [1.82, 2.24) is 29.9 Å². The SMILES string of the molecule is Cc1cc(C(C)n2cc(NC(=O)c3nc(-c4c(C(F)F)ccc(Cl)c4F)cnc3C)cn2)nnc1N1CC2C(C)C2C1=O. The minimum atomic E-state index is -3.00. The maximum Gasteiger partial charge on any atom is 0.276 e. The Kier molecular flexibility index (Phi) is 7.15. The predicted molar refractivity (Wildman–Crippen MR) is 151 cm³/mol. The lowest BCUT2D eigenvalue weighted by Gasteiger charge is -2.20. The number of benzene rings is 1. The molecular formula is C29H26ClF3N8O2. The van der Waals surface area contributed by atoms with Crippen LogP contribution in [0.5, 0.6) is 0 Å². The molecule has 4 heterocycles. The van der Waals surface area contributed by atoms with Crippen LogP contribution in [0.2, 0.25) is 5.02 Å². The number of nitrogens with one attached hydrogen (secondary N) is 1. The highest BCUT2D eigenvalue weighted by Gasteiger charge is 2.59. The highest BCUT2D eigenvalue weighted by Crippen LogP contribution is 2.53. The zero-order chi connectivity index (χ0) is 30.7. The number of aromatic nitrogens is 6. The molecule has 1 aliphatic carbocycles. The molecule has 43 heavy (non-hydrogen) atoms. The van der Waals surface area contributed by atoms with Crippen LogP contribution in [0.3, 0.4) is 0 Å². The molecule has 2 fully saturated rings. The van der Waals surface area contributed by atoms with E-state index in [4.69, 9.17) is 11.6 Å². The van der Waals surface area contributed by atoms with Crippen molar-refractivity contribution in [2.75, 3.05) is 16.8 Å². The summed E-state index contributed by atoms with van der Waals surface area (Å²) in [6, 6.07) is 3.54. The average molecular weight is 611 g/mol. The molecule has 4 aromatic rings. The summed E-state index contributed by atoms with van der Waals surface area (Å²) < 4.78 is 43.6. The van der Waals surface area contributed by atoms with Crippen LogP contribution in [0.15, 0.2) is 36.8 Å². The summed E-state index contributed by atoms with van der Waals surface area (Å²) in [6.07, 6.45) is 1.13. The summed E-state index contributed by atoms with van der Waals surface area (Å²) in [5, 5.41) is 15.3. The molecule has 4 unspecified atom stereocenters. The van der Waals surface area contributed by atoms with Gasteiger partial charge in [0.2, 0.25) is 5.91 Å². The Morgan fingerprint density at radius 2 is 1.95 bits per heavy atom. The molecule has 1 N–H and O–H groups in total. The highest BCUT2D eigenvalue weighted by molar-refractivity contribution is 6.31. The van der Waals surface area contributed by atoms with E-state index in [1.54, 1.807) is 15.8 Å². The van der Waals surface area contributed by atoms with Gasteiger partial charge in [-0.25, -0.2) is 18.2 Å². The van der Waals surface area contributed by atoms with Crippen LogP contribution in [0.25, 0.3) is 11.3 Å². The van der Waals surface area contributed by atoms with E-state index in [0.717, 1.165) is 23.9 Å². The maximum atomic E-state index is 14.8. The minimum Gasteiger partial charge on any atom is -0.318 e. The molecule has 14 heteroatoms. The number of nitrogens with zero attached hydrogens (tertiary/aromatic N) is 7. The molecule has 10 nitrogen and oxygen atoms in total. The van der Waals surface area contributed by atoms with Gasteiger partial charge in [-0.1, -0.05) is 24.6 Å². The Balaban J connectivity index is 1.19. The zero-order valence-electron chi connectivity index (χ0n) is 23.5. The number of carbonyl (C=O) groups excluding carboxylic acids is 2. The van der Waals surface area contributed by atoms with Gasteiger partial charge in [0.05, 0.1) is 46.2 Å². The molecule has 2 aliphatic rings. The number of halogens is 4. The predicted octanol–water partition coefficient (Wildman–Crippen LogP) is 5.57. The molecule has 1 aromatic carbocycles. The van der Waals surface area contributed by atoms with Gasteiger partial charge in [-0.2, -0.15) is 10.2 Å². The third kappa shape index (κ3) is 5.01. The molecule has 1 saturated heterocycles. The first kappa shape index (κ1) is 28.7. The number of rotatable bonds is 7. The van der Waals surface area contributed by atoms with Crippen molar-refractivity contribution in [3.8, 4) is 11.3 Å². The summed E-state index contributed by atoms with van der Waals surface area (Å²) in [5.41, 5.74) is 0.383. The summed E-state index contributed by atoms with van der Waals surface area (Å²) in [7, 11) is 0. The second-order valence-electron chi connectivity index (χ2n) is 10.9. The molecule has 6 rings (SSSR count). The fraction of sp³-hybridized carbons (Fsp3) is 0.345. The number of anilines is 2. The molecule has 0 bridgehead atoms. The van der Waals surface area contributed by atoms with Crippen molar-refractivity contribution < 1.29 is 22.8 Å². The Morgan fingerprint density at radius 3 is 2.63 bits per heavy atom. The summed E-state index contributed by atoms with van der Waals surface area (Å²) in [4.78, 5) is 35.8. The van der Waals surface area contributed by atoms with Gasteiger partial charge in [-0.3, -0.25) is 24.2 Å². The van der Waals surface area contributed by atoms with Crippen molar-refractivity contribution in [3.05, 3.63) is 75.8 Å². The number of hydrogen-bond donors (Lipinski definition) is 1. The van der Waals surface area contributed by atoms with Gasteiger partial charge in [0.1, 0.15) is 5.69 Å². The van der Waals surface area contributed by atoms with Crippen molar-refractivity contribution in [2.45, 2.75) is 40.2 Å². The molecule has 1 saturated carbocycles. The van der Waals surface area contributed by atoms with Crippen LogP contribution < -0.4 is 10.2 Å². The van der Waals surface area contributed by atoms with E-state index in [9.17, 15) is 22.8 Å². The van der Waals surface area contributed by atoms with Gasteiger partial charge < -0.3 is 5.32 Å². The zero-order valence-corrected chi connectivity index (χ0v) is 24.3. The maximum absolute atomic E-state index is 14.8. The van der Waals surface area contributed by atoms with Crippen molar-refractivity contribution in [3.63, 3.8) is 0 Å². The smallest absolute Gasteiger partial charge is 0.276 e. The van der Waals surface area contributed by atoms with Crippen LogP contribution in [0, 0.1) is 37.4 Å². The first-order chi connectivity index (χ1) is 20.5. The van der Waals surface area contributed by atoms with Crippen molar-refractivity contribution >= 4 is 34.9 Å². The van der Waals surface area contributed by atoms with Crippen LogP contribution >= 0.6 is 11.6 Å². The Morgan fingerprint density at radius 1 is 1.19 bits per heavy atom. The van der Waals surface area contributed by atoms with Gasteiger partial charge in [0.25, 0.3) is 12.3 Å². The standard InChI is InChI=1S/C29H26ClF3N8O2/c1-12-7-20(38-39-27(12)40-11-18-13(2)22(18)29(40)43)15(4)41-10-16(8-35-41)36-28(42)25-14(3)34-9-21(37-25)23-17(26(32)33)5-6-19(30)24(23)31/h5-10,13,15,18,22,26H,11H2,1-4H3,(H,36,42). The van der Waals surface area contributed by atoms with E-state index < -0.39 is 29.3 Å². The fourth-order valence-electron chi connectivity index (χ4n) is 5.61. The minimum absolute atomic E-state index is 0.0860. The molecule has 0 spiro atoms. The molecule has 2 amide bonds. The number of amides is 2. The van der Waals surface area contributed by atoms with Crippen LogP contribution in [-0.4, -0.2) is 48.3 Å². The largest absolute Gasteiger partial charge is 0.318 e. The molecule has 4 atom stereocenters. The Bertz CT molecular complexity index is 1780. The third-order valence-corrected chi connectivity index (χ3v) is 8.50. The lowest BCUT2D eigenvalue weighted by atomic mass is 10.0. The molecule has 1 aliphatic heterocycles. The highest BCUT2D eigenvalue weighted by atomic mass is 35.5. The van der Waals surface area contributed by atoms with Crippen molar-refractivity contribution in [1.29, 1.82) is 0 Å². The normalized spacial score (nSPS) is 20.0. The van der Waals surface area contributed by atoms with E-state index in [1.165, 1.54) is 13.1 Å². The second-order valence-corrected chi connectivity index (χ2v) is 11.3. The summed E-state index contributed by atoms with van der Waals surface area (Å²) in [5.74, 6) is -0.216. The summed E-state index contributed by atoms with van der Waals surface area (Å²) >= 11 is 5.84. The summed E-state index contributed by atoms with van der Waals surface area (Å²) in [6.45, 7) is 8.01. The molecule has 3 aromatic heterocycles. The fourth-order valence-corrected chi connectivity index (χ4v) is 5.77. The van der Waals surface area contributed by atoms with E-state index in [0.29, 0.717) is 35.6 Å². The van der Waals surface area contributed by atoms with E-state index in [2.05, 4.69) is 37.5 Å². The number of piperidine rings is 1. The van der Waals surface area contributed by atoms with Gasteiger partial charge in [0.15, 0.2) is 11.6 Å². The molecule has 0 radical (unpaired) electrons. The number of hydrogen-bond acceptors (Lipinski definition) is 7. The van der Waals surface area contributed by atoms with E-state index in [-0.39, 0.29) is 40.0 Å². The van der Waals surface area contributed by atoms with Crippen molar-refractivity contribution in [2.24, 2.45) is 17.8 Å². The first-order valence-electron chi connectivity index (χ1n) is 13.6. The Hall–Kier alpha value is -4.39. The number of alkyl halides is 2. The van der Waals surface area contributed by atoms with Crippen LogP contribution in [-0.2, 0) is 4.79 Å². The van der Waals surface area contributed by atoms with Crippen LogP contribution in [0.1, 0.15) is 59.3 Å². The van der Waals surface area contributed by atoms with Gasteiger partial charge >= 0.3 is 0 Å². The van der Waals surface area contributed by atoms with Crippen LogP contribution in [0.4, 0.5) is 24.7 Å². The lowest BCUT2D eigenvalue weighted by molar-refractivity contribution is -0.119. The number of carbonyl (C=O) groups is 2. The Labute approximate surface area is 249 Å². The quantitative estimate of drug-likeness (QED) is 0.291. The number of aryl methyl sites for hydroxylation is 2. The van der Waals surface area contributed by atoms with Gasteiger partial charge in [0, 0.05) is 29.8 Å². The van der Waals surface area contributed by atoms with E-state index >= 15 is 0 Å². The second kappa shape index (κ2) is 10.7. The first-order valence-corrected chi connectivity index (χ1v) is 13.9. The van der Waals surface area contributed by atoms with E-state index in [1.807, 2.05) is 19.9 Å².